The van der Waals surface area contributed by atoms with Crippen LogP contribution in [0.3, 0.4) is 0 Å². The first-order valence-electron chi connectivity index (χ1n) is 5.27. The highest BCUT2D eigenvalue weighted by Gasteiger charge is 2.28. The molecule has 0 saturated carbocycles. The lowest BCUT2D eigenvalue weighted by Crippen LogP contribution is -2.37. The molecule has 3 nitrogen and oxygen atoms in total. The van der Waals surface area contributed by atoms with E-state index in [1.54, 1.807) is 0 Å². The summed E-state index contributed by atoms with van der Waals surface area (Å²) in [6.07, 6.45) is 0.789. The molecule has 1 aromatic heterocycles. The molecule has 0 N–H and O–H groups in total. The Balaban J connectivity index is 3.16. The van der Waals surface area contributed by atoms with Gasteiger partial charge in [0.25, 0.3) is 10.0 Å². The fourth-order valence-corrected chi connectivity index (χ4v) is 5.70. The van der Waals surface area contributed by atoms with E-state index in [1.807, 2.05) is 20.8 Å². The molecule has 0 aromatic carbocycles. The molecule has 7 heteroatoms. The van der Waals surface area contributed by atoms with Crippen molar-refractivity contribution in [3.05, 3.63) is 14.9 Å². The monoisotopic (exact) mass is 359 g/mol. The van der Waals surface area contributed by atoms with E-state index < -0.39 is 10.0 Å². The van der Waals surface area contributed by atoms with Crippen LogP contribution in [-0.2, 0) is 10.0 Å². The van der Waals surface area contributed by atoms with Crippen molar-refractivity contribution in [3.8, 4) is 0 Å². The molecule has 0 aliphatic rings. The third kappa shape index (κ3) is 3.44. The molecular weight excluding hydrogens is 346 g/mol. The van der Waals surface area contributed by atoms with Crippen LogP contribution in [-0.4, -0.2) is 25.3 Å². The van der Waals surface area contributed by atoms with Crippen molar-refractivity contribution < 1.29 is 8.42 Å². The second-order valence-electron chi connectivity index (χ2n) is 3.90. The van der Waals surface area contributed by atoms with Gasteiger partial charge in [0.1, 0.15) is 4.21 Å². The number of hydrogen-bond donors (Lipinski definition) is 0. The van der Waals surface area contributed by atoms with Crippen LogP contribution in [0.1, 0.15) is 27.2 Å². The van der Waals surface area contributed by atoms with E-state index >= 15 is 0 Å². The highest BCUT2D eigenvalue weighted by Crippen LogP contribution is 2.36. The van der Waals surface area contributed by atoms with E-state index in [-0.39, 0.29) is 10.3 Å². The molecule has 0 amide bonds. The maximum atomic E-state index is 12.4. The van der Waals surface area contributed by atoms with Crippen molar-refractivity contribution in [2.75, 3.05) is 6.54 Å². The minimum Gasteiger partial charge on any atom is -0.206 e. The van der Waals surface area contributed by atoms with Gasteiger partial charge in [-0.3, -0.25) is 0 Å². The van der Waals surface area contributed by atoms with E-state index in [9.17, 15) is 8.42 Å². The standard InChI is InChI=1S/C10H15BrClNO2S2/c1-4-5-13(7(2)3)17(14,15)9-6-8(12)10(11)16-9/h6-7H,4-5H2,1-3H3. The molecule has 0 aliphatic heterocycles. The lowest BCUT2D eigenvalue weighted by atomic mass is 10.4. The Labute approximate surface area is 120 Å². The Morgan fingerprint density at radius 3 is 2.47 bits per heavy atom. The molecule has 1 heterocycles. The van der Waals surface area contributed by atoms with Gasteiger partial charge in [0.15, 0.2) is 0 Å². The Kier molecular flexibility index (Phi) is 5.46. The number of sulfonamides is 1. The second-order valence-corrected chi connectivity index (χ2v) is 8.79. The van der Waals surface area contributed by atoms with E-state index in [0.29, 0.717) is 15.4 Å². The zero-order valence-electron chi connectivity index (χ0n) is 9.91. The lowest BCUT2D eigenvalue weighted by molar-refractivity contribution is 0.355. The van der Waals surface area contributed by atoms with Crippen LogP contribution >= 0.6 is 38.9 Å². The van der Waals surface area contributed by atoms with Crippen LogP contribution in [0.2, 0.25) is 5.02 Å². The first-order chi connectivity index (χ1) is 7.80. The second kappa shape index (κ2) is 6.02. The Bertz CT molecular complexity index is 465. The number of thiophene rings is 1. The summed E-state index contributed by atoms with van der Waals surface area (Å²) in [6.45, 7) is 6.23. The molecule has 0 aliphatic carbocycles. The van der Waals surface area contributed by atoms with Gasteiger partial charge in [-0.25, -0.2) is 8.42 Å². The molecule has 0 radical (unpaired) electrons. The van der Waals surface area contributed by atoms with Crippen LogP contribution in [0.5, 0.6) is 0 Å². The Morgan fingerprint density at radius 1 is 1.53 bits per heavy atom. The quantitative estimate of drug-likeness (QED) is 0.796. The highest BCUT2D eigenvalue weighted by molar-refractivity contribution is 9.11. The number of halogens is 2. The minimum absolute atomic E-state index is 0.0559. The van der Waals surface area contributed by atoms with Crippen LogP contribution < -0.4 is 0 Å². The Hall–Kier alpha value is 0.380. The predicted molar refractivity (Wildman–Crippen MR) is 76.3 cm³/mol. The summed E-state index contributed by atoms with van der Waals surface area (Å²) in [5, 5.41) is 0.439. The molecule has 17 heavy (non-hydrogen) atoms. The van der Waals surface area contributed by atoms with E-state index in [0.717, 1.165) is 17.8 Å². The largest absolute Gasteiger partial charge is 0.252 e. The average Bonchev–Trinajstić information content (AvgIpc) is 2.55. The molecular formula is C10H15BrClNO2S2. The van der Waals surface area contributed by atoms with Crippen molar-refractivity contribution in [2.45, 2.75) is 37.4 Å². The smallest absolute Gasteiger partial charge is 0.206 e. The van der Waals surface area contributed by atoms with Gasteiger partial charge in [0, 0.05) is 12.6 Å². The average molecular weight is 361 g/mol. The normalized spacial score (nSPS) is 12.6. The van der Waals surface area contributed by atoms with Gasteiger partial charge in [-0.2, -0.15) is 4.31 Å². The molecule has 1 aromatic rings. The third-order valence-electron chi connectivity index (χ3n) is 2.21. The molecule has 1 rings (SSSR count). The molecule has 0 atom stereocenters. The van der Waals surface area contributed by atoms with Crippen LogP contribution in [0.4, 0.5) is 0 Å². The van der Waals surface area contributed by atoms with E-state index in [2.05, 4.69) is 15.9 Å². The maximum Gasteiger partial charge on any atom is 0.252 e. The summed E-state index contributed by atoms with van der Waals surface area (Å²) in [4.78, 5) is 0. The van der Waals surface area contributed by atoms with Crippen LogP contribution in [0, 0.1) is 0 Å². The van der Waals surface area contributed by atoms with Crippen molar-refractivity contribution in [1.82, 2.24) is 4.31 Å². The van der Waals surface area contributed by atoms with Gasteiger partial charge in [0.05, 0.1) is 8.81 Å². The molecule has 0 saturated heterocycles. The molecule has 98 valence electrons. The SMILES string of the molecule is CCCN(C(C)C)S(=O)(=O)c1cc(Cl)c(Br)s1. The van der Waals surface area contributed by atoms with Gasteiger partial charge in [-0.05, 0) is 42.3 Å². The molecule has 0 fully saturated rings. The fraction of sp³-hybridized carbons (Fsp3) is 0.600. The first-order valence-corrected chi connectivity index (χ1v) is 8.70. The maximum absolute atomic E-state index is 12.4. The molecule has 0 unspecified atom stereocenters. The summed E-state index contributed by atoms with van der Waals surface area (Å²) >= 11 is 10.3. The fourth-order valence-electron chi connectivity index (χ4n) is 1.45. The van der Waals surface area contributed by atoms with Crippen LogP contribution in [0.15, 0.2) is 14.1 Å². The zero-order chi connectivity index (χ0) is 13.2. The lowest BCUT2D eigenvalue weighted by Gasteiger charge is -2.24. The first kappa shape index (κ1) is 15.4. The van der Waals surface area contributed by atoms with Crippen LogP contribution in [0.25, 0.3) is 0 Å². The van der Waals surface area contributed by atoms with E-state index in [4.69, 9.17) is 11.6 Å². The number of rotatable bonds is 5. The summed E-state index contributed by atoms with van der Waals surface area (Å²) in [7, 11) is -3.43. The summed E-state index contributed by atoms with van der Waals surface area (Å²) < 4.78 is 27.2. The van der Waals surface area contributed by atoms with Crippen molar-refractivity contribution >= 4 is 48.9 Å². The summed E-state index contributed by atoms with van der Waals surface area (Å²) in [5.74, 6) is 0. The summed E-state index contributed by atoms with van der Waals surface area (Å²) in [6, 6.07) is 1.44. The molecule has 0 spiro atoms. The predicted octanol–water partition coefficient (Wildman–Crippen LogP) is 3.97. The van der Waals surface area contributed by atoms with Crippen molar-refractivity contribution in [3.63, 3.8) is 0 Å². The van der Waals surface area contributed by atoms with Gasteiger partial charge >= 0.3 is 0 Å². The van der Waals surface area contributed by atoms with Gasteiger partial charge < -0.3 is 0 Å². The van der Waals surface area contributed by atoms with Gasteiger partial charge in [-0.15, -0.1) is 11.3 Å². The molecule has 0 bridgehead atoms. The van der Waals surface area contributed by atoms with Gasteiger partial charge in [-0.1, -0.05) is 18.5 Å². The van der Waals surface area contributed by atoms with Crippen molar-refractivity contribution in [1.29, 1.82) is 0 Å². The third-order valence-corrected chi connectivity index (χ3v) is 7.20. The van der Waals surface area contributed by atoms with Gasteiger partial charge in [0.2, 0.25) is 0 Å². The number of hydrogen-bond acceptors (Lipinski definition) is 3. The minimum atomic E-state index is -3.43. The topological polar surface area (TPSA) is 37.4 Å². The zero-order valence-corrected chi connectivity index (χ0v) is 13.9. The van der Waals surface area contributed by atoms with E-state index in [1.165, 1.54) is 10.4 Å². The van der Waals surface area contributed by atoms with Crippen molar-refractivity contribution in [2.24, 2.45) is 0 Å². The Morgan fingerprint density at radius 2 is 2.12 bits per heavy atom. The highest BCUT2D eigenvalue weighted by atomic mass is 79.9. The summed E-state index contributed by atoms with van der Waals surface area (Å²) in [5.41, 5.74) is 0. The number of nitrogens with zero attached hydrogens (tertiary/aromatic N) is 1.